The van der Waals surface area contributed by atoms with Gasteiger partial charge in [0.1, 0.15) is 11.6 Å². The number of pyridine rings is 1. The van der Waals surface area contributed by atoms with E-state index in [0.29, 0.717) is 28.4 Å². The van der Waals surface area contributed by atoms with E-state index in [1.54, 1.807) is 44.6 Å². The molecule has 4 rings (SSSR count). The molecular formula is C25H22FN3O3. The smallest absolute Gasteiger partial charge is 0.252 e. The predicted octanol–water partition coefficient (Wildman–Crippen LogP) is 5.06. The lowest BCUT2D eigenvalue weighted by Gasteiger charge is -2.13. The number of carbonyl (C=O) groups excluding carboxylic acids is 1. The molecule has 1 aromatic heterocycles. The third kappa shape index (κ3) is 4.62. The summed E-state index contributed by atoms with van der Waals surface area (Å²) in [7, 11) is 3.14. The van der Waals surface area contributed by atoms with Crippen molar-refractivity contribution in [2.45, 2.75) is 6.54 Å². The van der Waals surface area contributed by atoms with Crippen molar-refractivity contribution in [3.8, 4) is 11.5 Å². The first-order valence-corrected chi connectivity index (χ1v) is 9.99. The highest BCUT2D eigenvalue weighted by molar-refractivity contribution is 6.07. The SMILES string of the molecule is COc1ccc(Nc2cc(C(=O)NCc3ccc(F)cc3)c3ccccc3n2)cc1OC. The van der Waals surface area contributed by atoms with Crippen molar-refractivity contribution in [2.75, 3.05) is 19.5 Å². The normalized spacial score (nSPS) is 10.6. The number of anilines is 2. The monoisotopic (exact) mass is 431 g/mol. The molecule has 0 fully saturated rings. The van der Waals surface area contributed by atoms with Gasteiger partial charge in [0.15, 0.2) is 11.5 Å². The van der Waals surface area contributed by atoms with Gasteiger partial charge in [0, 0.05) is 23.7 Å². The molecule has 0 atom stereocenters. The van der Waals surface area contributed by atoms with E-state index < -0.39 is 0 Å². The van der Waals surface area contributed by atoms with Gasteiger partial charge in [-0.05, 0) is 42.0 Å². The quantitative estimate of drug-likeness (QED) is 0.428. The molecule has 0 aliphatic heterocycles. The Kier molecular flexibility index (Phi) is 6.17. The van der Waals surface area contributed by atoms with Gasteiger partial charge < -0.3 is 20.1 Å². The number of methoxy groups -OCH3 is 2. The zero-order chi connectivity index (χ0) is 22.5. The second-order valence-corrected chi connectivity index (χ2v) is 7.08. The first-order valence-electron chi connectivity index (χ1n) is 9.99. The Morgan fingerprint density at radius 2 is 1.69 bits per heavy atom. The van der Waals surface area contributed by atoms with Crippen molar-refractivity contribution >= 4 is 28.3 Å². The molecule has 1 heterocycles. The highest BCUT2D eigenvalue weighted by Gasteiger charge is 2.14. The predicted molar refractivity (Wildman–Crippen MR) is 122 cm³/mol. The second-order valence-electron chi connectivity index (χ2n) is 7.08. The van der Waals surface area contributed by atoms with E-state index in [-0.39, 0.29) is 18.3 Å². The van der Waals surface area contributed by atoms with Crippen LogP contribution in [-0.2, 0) is 6.54 Å². The van der Waals surface area contributed by atoms with Crippen LogP contribution in [0.15, 0.2) is 72.8 Å². The number of para-hydroxylation sites is 1. The number of aromatic nitrogens is 1. The summed E-state index contributed by atoms with van der Waals surface area (Å²) in [4.78, 5) is 17.6. The van der Waals surface area contributed by atoms with E-state index in [9.17, 15) is 9.18 Å². The van der Waals surface area contributed by atoms with Gasteiger partial charge in [0.2, 0.25) is 0 Å². The van der Waals surface area contributed by atoms with Gasteiger partial charge in [-0.25, -0.2) is 9.37 Å². The average molecular weight is 431 g/mol. The first-order chi connectivity index (χ1) is 15.6. The lowest BCUT2D eigenvalue weighted by Crippen LogP contribution is -2.23. The summed E-state index contributed by atoms with van der Waals surface area (Å²) in [6, 6.07) is 20.6. The molecule has 4 aromatic rings. The lowest BCUT2D eigenvalue weighted by molar-refractivity contribution is 0.0952. The summed E-state index contributed by atoms with van der Waals surface area (Å²) < 4.78 is 23.8. The Balaban J connectivity index is 1.62. The average Bonchev–Trinajstić information content (AvgIpc) is 2.83. The standard InChI is InChI=1S/C25H22FN3O3/c1-31-22-12-11-18(13-23(22)32-2)28-24-14-20(19-5-3-4-6-21(19)29-24)25(30)27-15-16-7-9-17(26)10-8-16/h3-14H,15H2,1-2H3,(H,27,30)(H,28,29). The van der Waals surface area contributed by atoms with Crippen molar-refractivity contribution in [3.05, 3.63) is 89.7 Å². The lowest BCUT2D eigenvalue weighted by atomic mass is 10.1. The number of halogens is 1. The number of hydrogen-bond donors (Lipinski definition) is 2. The van der Waals surface area contributed by atoms with Crippen molar-refractivity contribution in [2.24, 2.45) is 0 Å². The highest BCUT2D eigenvalue weighted by atomic mass is 19.1. The third-order valence-corrected chi connectivity index (χ3v) is 4.98. The van der Waals surface area contributed by atoms with Gasteiger partial charge in [0.25, 0.3) is 5.91 Å². The van der Waals surface area contributed by atoms with Crippen LogP contribution in [0.4, 0.5) is 15.9 Å². The minimum atomic E-state index is -0.314. The minimum absolute atomic E-state index is 0.247. The van der Waals surface area contributed by atoms with Gasteiger partial charge in [0.05, 0.1) is 25.3 Å². The minimum Gasteiger partial charge on any atom is -0.493 e. The third-order valence-electron chi connectivity index (χ3n) is 4.98. The fourth-order valence-electron chi connectivity index (χ4n) is 3.37. The first kappa shape index (κ1) is 21.1. The molecule has 162 valence electrons. The van der Waals surface area contributed by atoms with Crippen LogP contribution in [-0.4, -0.2) is 25.1 Å². The number of rotatable bonds is 7. The maximum atomic E-state index is 13.1. The van der Waals surface area contributed by atoms with Crippen LogP contribution in [0, 0.1) is 5.82 Å². The molecule has 0 aliphatic carbocycles. The van der Waals surface area contributed by atoms with Crippen LogP contribution in [0.1, 0.15) is 15.9 Å². The summed E-state index contributed by atoms with van der Waals surface area (Å²) in [6.45, 7) is 0.286. The molecule has 0 aliphatic rings. The number of nitrogens with one attached hydrogen (secondary N) is 2. The van der Waals surface area contributed by atoms with Crippen molar-refractivity contribution in [3.63, 3.8) is 0 Å². The molecule has 2 N–H and O–H groups in total. The fraction of sp³-hybridized carbons (Fsp3) is 0.120. The number of carbonyl (C=O) groups is 1. The number of fused-ring (bicyclic) bond motifs is 1. The molecule has 3 aromatic carbocycles. The number of amides is 1. The molecule has 0 saturated heterocycles. The maximum Gasteiger partial charge on any atom is 0.252 e. The van der Waals surface area contributed by atoms with E-state index in [4.69, 9.17) is 9.47 Å². The van der Waals surface area contributed by atoms with Crippen molar-refractivity contribution in [1.29, 1.82) is 0 Å². The number of nitrogens with zero attached hydrogens (tertiary/aromatic N) is 1. The summed E-state index contributed by atoms with van der Waals surface area (Å²) in [5.74, 6) is 1.15. The van der Waals surface area contributed by atoms with Gasteiger partial charge in [-0.3, -0.25) is 4.79 Å². The molecule has 32 heavy (non-hydrogen) atoms. The zero-order valence-corrected chi connectivity index (χ0v) is 17.7. The van der Waals surface area contributed by atoms with E-state index in [0.717, 1.165) is 16.6 Å². The molecule has 7 heteroatoms. The van der Waals surface area contributed by atoms with Crippen LogP contribution < -0.4 is 20.1 Å². The molecule has 0 radical (unpaired) electrons. The van der Waals surface area contributed by atoms with Crippen LogP contribution >= 0.6 is 0 Å². The molecule has 0 unspecified atom stereocenters. The van der Waals surface area contributed by atoms with E-state index in [2.05, 4.69) is 15.6 Å². The Morgan fingerprint density at radius 1 is 0.938 bits per heavy atom. The van der Waals surface area contributed by atoms with Crippen LogP contribution in [0.3, 0.4) is 0 Å². The zero-order valence-electron chi connectivity index (χ0n) is 17.7. The summed E-state index contributed by atoms with van der Waals surface area (Å²) in [5.41, 5.74) is 2.72. The summed E-state index contributed by atoms with van der Waals surface area (Å²) in [5, 5.41) is 6.86. The number of ether oxygens (including phenoxy) is 2. The van der Waals surface area contributed by atoms with Crippen LogP contribution in [0.2, 0.25) is 0 Å². The summed E-state index contributed by atoms with van der Waals surface area (Å²) in [6.07, 6.45) is 0. The van der Waals surface area contributed by atoms with E-state index >= 15 is 0 Å². The Bertz CT molecular complexity index is 1260. The maximum absolute atomic E-state index is 13.1. The summed E-state index contributed by atoms with van der Waals surface area (Å²) >= 11 is 0. The Morgan fingerprint density at radius 3 is 2.44 bits per heavy atom. The number of hydrogen-bond acceptors (Lipinski definition) is 5. The fourth-order valence-corrected chi connectivity index (χ4v) is 3.37. The molecule has 6 nitrogen and oxygen atoms in total. The van der Waals surface area contributed by atoms with E-state index in [1.165, 1.54) is 12.1 Å². The number of benzene rings is 3. The molecule has 0 bridgehead atoms. The Hall–Kier alpha value is -4.13. The van der Waals surface area contributed by atoms with E-state index in [1.807, 2.05) is 30.3 Å². The van der Waals surface area contributed by atoms with Crippen LogP contribution in [0.5, 0.6) is 11.5 Å². The highest BCUT2D eigenvalue weighted by Crippen LogP contribution is 2.31. The topological polar surface area (TPSA) is 72.5 Å². The van der Waals surface area contributed by atoms with Crippen molar-refractivity contribution in [1.82, 2.24) is 10.3 Å². The van der Waals surface area contributed by atoms with Gasteiger partial charge in [-0.2, -0.15) is 0 Å². The largest absolute Gasteiger partial charge is 0.493 e. The van der Waals surface area contributed by atoms with Gasteiger partial charge in [-0.1, -0.05) is 30.3 Å². The molecule has 0 spiro atoms. The van der Waals surface area contributed by atoms with Crippen molar-refractivity contribution < 1.29 is 18.7 Å². The Labute approximate surface area is 185 Å². The second kappa shape index (κ2) is 9.34. The van der Waals surface area contributed by atoms with Gasteiger partial charge >= 0.3 is 0 Å². The molecular weight excluding hydrogens is 409 g/mol. The molecule has 0 saturated carbocycles. The van der Waals surface area contributed by atoms with Gasteiger partial charge in [-0.15, -0.1) is 0 Å². The molecule has 1 amide bonds. The van der Waals surface area contributed by atoms with Crippen LogP contribution in [0.25, 0.3) is 10.9 Å².